The van der Waals surface area contributed by atoms with Crippen LogP contribution in [0.3, 0.4) is 0 Å². The predicted molar refractivity (Wildman–Crippen MR) is 57.2 cm³/mol. The number of thioether (sulfide) groups is 1. The van der Waals surface area contributed by atoms with Crippen molar-refractivity contribution in [3.05, 3.63) is 29.6 Å². The van der Waals surface area contributed by atoms with Crippen molar-refractivity contribution in [3.8, 4) is 0 Å². The zero-order valence-corrected chi connectivity index (χ0v) is 8.82. The lowest BCUT2D eigenvalue weighted by molar-refractivity contribution is 0.566. The molecule has 1 aliphatic heterocycles. The average molecular weight is 208 g/mol. The Balaban J connectivity index is 2.01. The molecule has 0 N–H and O–H groups in total. The van der Waals surface area contributed by atoms with E-state index in [0.717, 1.165) is 17.6 Å². The lowest BCUT2D eigenvalue weighted by atomic mass is 9.91. The van der Waals surface area contributed by atoms with Crippen molar-refractivity contribution >= 4 is 11.8 Å². The quantitative estimate of drug-likeness (QED) is 0.676. The molecule has 1 atom stereocenters. The van der Waals surface area contributed by atoms with Crippen LogP contribution in [0.5, 0.6) is 0 Å². The Labute approximate surface area is 87.9 Å². The van der Waals surface area contributed by atoms with E-state index in [2.05, 4.69) is 0 Å². The van der Waals surface area contributed by atoms with E-state index < -0.39 is 0 Å². The standard InChI is InChI=1S/C12H13FS/c13-9-3-4-11-10(8-1-2-8)5-6-14-12(11)7-9/h3-4,7-8,10H,1-2,5-6H2. The maximum Gasteiger partial charge on any atom is 0.124 e. The van der Waals surface area contributed by atoms with Gasteiger partial charge >= 0.3 is 0 Å². The molecule has 0 saturated heterocycles. The molecule has 1 fully saturated rings. The van der Waals surface area contributed by atoms with Crippen molar-refractivity contribution in [2.24, 2.45) is 5.92 Å². The molecule has 0 nitrogen and oxygen atoms in total. The van der Waals surface area contributed by atoms with Gasteiger partial charge < -0.3 is 0 Å². The minimum Gasteiger partial charge on any atom is -0.207 e. The van der Waals surface area contributed by atoms with Crippen LogP contribution < -0.4 is 0 Å². The van der Waals surface area contributed by atoms with Crippen LogP contribution in [-0.4, -0.2) is 5.75 Å². The highest BCUT2D eigenvalue weighted by Gasteiger charge is 2.34. The summed E-state index contributed by atoms with van der Waals surface area (Å²) in [4.78, 5) is 1.19. The van der Waals surface area contributed by atoms with Gasteiger partial charge in [0.05, 0.1) is 0 Å². The zero-order valence-electron chi connectivity index (χ0n) is 8.00. The van der Waals surface area contributed by atoms with Gasteiger partial charge in [-0.05, 0) is 54.5 Å². The van der Waals surface area contributed by atoms with E-state index in [9.17, 15) is 4.39 Å². The summed E-state index contributed by atoms with van der Waals surface area (Å²) in [5.74, 6) is 2.71. The van der Waals surface area contributed by atoms with E-state index in [1.165, 1.54) is 29.7 Å². The molecule has 1 aromatic rings. The minimum atomic E-state index is -0.0901. The fourth-order valence-corrected chi connectivity index (χ4v) is 3.55. The molecule has 0 amide bonds. The van der Waals surface area contributed by atoms with Crippen LogP contribution in [-0.2, 0) is 0 Å². The van der Waals surface area contributed by atoms with E-state index in [1.807, 2.05) is 17.8 Å². The van der Waals surface area contributed by atoms with E-state index >= 15 is 0 Å². The summed E-state index contributed by atoms with van der Waals surface area (Å²) in [7, 11) is 0. The minimum absolute atomic E-state index is 0.0901. The Bertz CT molecular complexity index is 357. The molecule has 14 heavy (non-hydrogen) atoms. The first-order valence-corrected chi connectivity index (χ1v) is 6.25. The molecule has 1 aromatic carbocycles. The topological polar surface area (TPSA) is 0 Å². The molecule has 1 aliphatic carbocycles. The fourth-order valence-electron chi connectivity index (χ4n) is 2.38. The Hall–Kier alpha value is -0.500. The number of halogens is 1. The maximum atomic E-state index is 13.0. The third-order valence-electron chi connectivity index (χ3n) is 3.25. The van der Waals surface area contributed by atoms with Crippen LogP contribution in [0.4, 0.5) is 4.39 Å². The first-order chi connectivity index (χ1) is 6.84. The lowest BCUT2D eigenvalue weighted by Crippen LogP contribution is -2.09. The summed E-state index contributed by atoms with van der Waals surface area (Å²) in [6, 6.07) is 5.31. The third kappa shape index (κ3) is 1.46. The molecule has 2 heteroatoms. The molecule has 1 saturated carbocycles. The molecule has 0 spiro atoms. The van der Waals surface area contributed by atoms with Crippen LogP contribution in [0.25, 0.3) is 0 Å². The third-order valence-corrected chi connectivity index (χ3v) is 4.36. The summed E-state index contributed by atoms with van der Waals surface area (Å²) in [6.07, 6.45) is 4.05. The van der Waals surface area contributed by atoms with Gasteiger partial charge in [0.25, 0.3) is 0 Å². The molecule has 3 rings (SSSR count). The summed E-state index contributed by atoms with van der Waals surface area (Å²) in [5.41, 5.74) is 1.41. The summed E-state index contributed by atoms with van der Waals surface area (Å²) in [6.45, 7) is 0. The molecular formula is C12H13FS. The number of fused-ring (bicyclic) bond motifs is 1. The molecule has 0 aromatic heterocycles. The zero-order chi connectivity index (χ0) is 9.54. The first kappa shape index (κ1) is 8.78. The van der Waals surface area contributed by atoms with E-state index in [1.54, 1.807) is 12.1 Å². The van der Waals surface area contributed by atoms with Gasteiger partial charge in [0, 0.05) is 4.90 Å². The monoisotopic (exact) mass is 208 g/mol. The van der Waals surface area contributed by atoms with Crippen molar-refractivity contribution < 1.29 is 4.39 Å². The Morgan fingerprint density at radius 2 is 2.07 bits per heavy atom. The number of benzene rings is 1. The van der Waals surface area contributed by atoms with Gasteiger partial charge in [-0.2, -0.15) is 0 Å². The van der Waals surface area contributed by atoms with Gasteiger partial charge in [-0.15, -0.1) is 11.8 Å². The summed E-state index contributed by atoms with van der Waals surface area (Å²) in [5, 5.41) is 0. The maximum absolute atomic E-state index is 13.0. The summed E-state index contributed by atoms with van der Waals surface area (Å²) < 4.78 is 13.0. The molecular weight excluding hydrogens is 195 g/mol. The van der Waals surface area contributed by atoms with Crippen molar-refractivity contribution in [1.29, 1.82) is 0 Å². The van der Waals surface area contributed by atoms with Crippen molar-refractivity contribution in [3.63, 3.8) is 0 Å². The van der Waals surface area contributed by atoms with Crippen LogP contribution >= 0.6 is 11.8 Å². The number of hydrogen-bond acceptors (Lipinski definition) is 1. The molecule has 1 unspecified atom stereocenters. The van der Waals surface area contributed by atoms with Gasteiger partial charge in [0.1, 0.15) is 5.82 Å². The van der Waals surface area contributed by atoms with Gasteiger partial charge in [0.15, 0.2) is 0 Å². The molecule has 1 heterocycles. The predicted octanol–water partition coefficient (Wildman–Crippen LogP) is 3.82. The van der Waals surface area contributed by atoms with E-state index in [-0.39, 0.29) is 5.82 Å². The van der Waals surface area contributed by atoms with Crippen LogP contribution in [0.15, 0.2) is 23.1 Å². The molecule has 74 valence electrons. The number of rotatable bonds is 1. The number of hydrogen-bond donors (Lipinski definition) is 0. The molecule has 0 radical (unpaired) electrons. The first-order valence-electron chi connectivity index (χ1n) is 5.27. The highest BCUT2D eigenvalue weighted by atomic mass is 32.2. The molecule has 2 aliphatic rings. The van der Waals surface area contributed by atoms with Crippen LogP contribution in [0, 0.1) is 11.7 Å². The second-order valence-corrected chi connectivity index (χ2v) is 5.40. The van der Waals surface area contributed by atoms with Crippen LogP contribution in [0.1, 0.15) is 30.7 Å². The summed E-state index contributed by atoms with van der Waals surface area (Å²) >= 11 is 1.81. The van der Waals surface area contributed by atoms with Gasteiger partial charge in [-0.1, -0.05) is 6.07 Å². The van der Waals surface area contributed by atoms with Crippen molar-refractivity contribution in [1.82, 2.24) is 0 Å². The van der Waals surface area contributed by atoms with Crippen molar-refractivity contribution in [2.75, 3.05) is 5.75 Å². The smallest absolute Gasteiger partial charge is 0.124 e. The van der Waals surface area contributed by atoms with Gasteiger partial charge in [-0.3, -0.25) is 0 Å². The van der Waals surface area contributed by atoms with Crippen LogP contribution in [0.2, 0.25) is 0 Å². The lowest BCUT2D eigenvalue weighted by Gasteiger charge is -2.24. The largest absolute Gasteiger partial charge is 0.207 e. The highest BCUT2D eigenvalue weighted by molar-refractivity contribution is 7.99. The Morgan fingerprint density at radius 3 is 2.86 bits per heavy atom. The van der Waals surface area contributed by atoms with E-state index in [4.69, 9.17) is 0 Å². The fraction of sp³-hybridized carbons (Fsp3) is 0.500. The van der Waals surface area contributed by atoms with Gasteiger partial charge in [-0.25, -0.2) is 4.39 Å². The Kier molecular flexibility index (Phi) is 2.05. The second kappa shape index (κ2) is 3.27. The normalized spacial score (nSPS) is 25.9. The van der Waals surface area contributed by atoms with Gasteiger partial charge in [0.2, 0.25) is 0 Å². The average Bonchev–Trinajstić information content (AvgIpc) is 2.99. The Morgan fingerprint density at radius 1 is 1.21 bits per heavy atom. The molecule has 0 bridgehead atoms. The SMILES string of the molecule is Fc1ccc2c(c1)SCCC2C1CC1. The second-order valence-electron chi connectivity index (χ2n) is 4.26. The highest BCUT2D eigenvalue weighted by Crippen LogP contribution is 2.50. The van der Waals surface area contributed by atoms with Crippen molar-refractivity contribution in [2.45, 2.75) is 30.1 Å². The van der Waals surface area contributed by atoms with E-state index in [0.29, 0.717) is 0 Å².